The number of nitrogens with one attached hydrogen (secondary N) is 1. The lowest BCUT2D eigenvalue weighted by atomic mass is 10.1. The van der Waals surface area contributed by atoms with Gasteiger partial charge in [0.1, 0.15) is 5.82 Å². The van der Waals surface area contributed by atoms with E-state index >= 15 is 0 Å². The van der Waals surface area contributed by atoms with Gasteiger partial charge in [-0.25, -0.2) is 4.98 Å². The third-order valence-corrected chi connectivity index (χ3v) is 2.64. The first-order chi connectivity index (χ1) is 8.49. The molecule has 0 bridgehead atoms. The summed E-state index contributed by atoms with van der Waals surface area (Å²) >= 11 is 0. The van der Waals surface area contributed by atoms with E-state index in [4.69, 9.17) is 5.11 Å². The molecule has 1 unspecified atom stereocenters. The van der Waals surface area contributed by atoms with Gasteiger partial charge in [-0.3, -0.25) is 14.7 Å². The Kier molecular flexibility index (Phi) is 4.82. The Labute approximate surface area is 105 Å². The predicted molar refractivity (Wildman–Crippen MR) is 64.1 cm³/mol. The van der Waals surface area contributed by atoms with Gasteiger partial charge >= 0.3 is 5.97 Å². The Balaban J connectivity index is 2.75. The second-order valence-corrected chi connectivity index (χ2v) is 4.04. The van der Waals surface area contributed by atoms with E-state index in [1.165, 1.54) is 4.90 Å². The van der Waals surface area contributed by atoms with Crippen molar-refractivity contribution >= 4 is 11.9 Å². The summed E-state index contributed by atoms with van der Waals surface area (Å²) in [5, 5.41) is 15.3. The number of carbonyl (C=O) groups is 2. The van der Waals surface area contributed by atoms with Crippen LogP contribution < -0.4 is 0 Å². The minimum Gasteiger partial charge on any atom is -0.481 e. The molecule has 1 aromatic rings. The largest absolute Gasteiger partial charge is 0.481 e. The maximum absolute atomic E-state index is 12.1. The third kappa shape index (κ3) is 3.28. The van der Waals surface area contributed by atoms with Gasteiger partial charge < -0.3 is 10.0 Å². The van der Waals surface area contributed by atoms with E-state index in [1.54, 1.807) is 13.8 Å². The molecule has 0 aromatic carbocycles. The summed E-state index contributed by atoms with van der Waals surface area (Å²) in [6, 6.07) is 0. The van der Waals surface area contributed by atoms with E-state index in [-0.39, 0.29) is 18.3 Å². The normalized spacial score (nSPS) is 12.2. The van der Waals surface area contributed by atoms with Crippen LogP contribution in [0.2, 0.25) is 0 Å². The van der Waals surface area contributed by atoms with Crippen molar-refractivity contribution in [3.05, 3.63) is 11.6 Å². The summed E-state index contributed by atoms with van der Waals surface area (Å²) in [4.78, 5) is 28.3. The number of aryl methyl sites for hydroxylation is 1. The highest BCUT2D eigenvalue weighted by Gasteiger charge is 2.23. The Morgan fingerprint density at radius 3 is 2.56 bits per heavy atom. The van der Waals surface area contributed by atoms with Crippen molar-refractivity contribution in [3.8, 4) is 0 Å². The Hall–Kier alpha value is -1.92. The predicted octanol–water partition coefficient (Wildman–Crippen LogP) is 0.550. The summed E-state index contributed by atoms with van der Waals surface area (Å²) in [5.41, 5.74) is 0. The number of hydrogen-bond acceptors (Lipinski definition) is 4. The van der Waals surface area contributed by atoms with Crippen molar-refractivity contribution in [3.63, 3.8) is 0 Å². The van der Waals surface area contributed by atoms with Crippen molar-refractivity contribution in [2.45, 2.75) is 27.2 Å². The molecule has 0 fully saturated rings. The molecule has 0 aliphatic carbocycles. The van der Waals surface area contributed by atoms with Gasteiger partial charge in [0.25, 0.3) is 5.91 Å². The lowest BCUT2D eigenvalue weighted by molar-refractivity contribution is -0.141. The fourth-order valence-corrected chi connectivity index (χ4v) is 1.45. The highest BCUT2D eigenvalue weighted by molar-refractivity contribution is 5.90. The van der Waals surface area contributed by atoms with Crippen LogP contribution in [0.25, 0.3) is 0 Å². The number of rotatable bonds is 6. The molecule has 7 nitrogen and oxygen atoms in total. The second-order valence-electron chi connectivity index (χ2n) is 4.04. The number of hydrogen-bond donors (Lipinski definition) is 2. The zero-order valence-corrected chi connectivity index (χ0v) is 10.8. The Morgan fingerprint density at radius 1 is 1.44 bits per heavy atom. The lowest BCUT2D eigenvalue weighted by Gasteiger charge is -2.21. The summed E-state index contributed by atoms with van der Waals surface area (Å²) < 4.78 is 0. The van der Waals surface area contributed by atoms with Crippen LogP contribution >= 0.6 is 0 Å². The van der Waals surface area contributed by atoms with Crippen LogP contribution in [0.5, 0.6) is 0 Å². The van der Waals surface area contributed by atoms with Gasteiger partial charge in [0, 0.05) is 19.5 Å². The maximum atomic E-state index is 12.1. The molecule has 1 atom stereocenters. The van der Waals surface area contributed by atoms with Crippen LogP contribution in [0.3, 0.4) is 0 Å². The van der Waals surface area contributed by atoms with Gasteiger partial charge in [-0.05, 0) is 6.92 Å². The minimum absolute atomic E-state index is 0.0892. The molecule has 0 aliphatic heterocycles. The molecule has 7 heteroatoms. The van der Waals surface area contributed by atoms with Crippen molar-refractivity contribution in [2.75, 3.05) is 13.1 Å². The lowest BCUT2D eigenvalue weighted by Crippen LogP contribution is -2.37. The number of H-pyrrole nitrogens is 1. The highest BCUT2D eigenvalue weighted by atomic mass is 16.4. The van der Waals surface area contributed by atoms with E-state index < -0.39 is 11.9 Å². The molecule has 0 spiro atoms. The quantitative estimate of drug-likeness (QED) is 0.772. The number of amides is 1. The van der Waals surface area contributed by atoms with Crippen LogP contribution in [0.15, 0.2) is 0 Å². The first-order valence-electron chi connectivity index (χ1n) is 5.92. The first kappa shape index (κ1) is 14.1. The topological polar surface area (TPSA) is 99.2 Å². The number of carboxylic acids is 1. The maximum Gasteiger partial charge on any atom is 0.308 e. The van der Waals surface area contributed by atoms with Gasteiger partial charge in [0.15, 0.2) is 0 Å². The van der Waals surface area contributed by atoms with E-state index in [2.05, 4.69) is 15.2 Å². The molecule has 1 rings (SSSR count). The number of nitrogens with zero attached hydrogens (tertiary/aromatic N) is 3. The molecular weight excluding hydrogens is 236 g/mol. The van der Waals surface area contributed by atoms with Gasteiger partial charge in [0.05, 0.1) is 5.92 Å². The van der Waals surface area contributed by atoms with E-state index in [0.29, 0.717) is 18.8 Å². The number of aliphatic carboxylic acids is 1. The van der Waals surface area contributed by atoms with E-state index in [9.17, 15) is 9.59 Å². The molecule has 0 aliphatic rings. The molecule has 1 aromatic heterocycles. The SMILES string of the molecule is CCc1nc(C(=O)N(CC)CC(C)C(=O)O)n[nH]1. The number of aromatic nitrogens is 3. The minimum atomic E-state index is -0.925. The zero-order valence-electron chi connectivity index (χ0n) is 10.8. The van der Waals surface area contributed by atoms with Gasteiger partial charge in [-0.2, -0.15) is 0 Å². The van der Waals surface area contributed by atoms with Crippen LogP contribution in [0, 0.1) is 5.92 Å². The Bertz CT molecular complexity index is 430. The average Bonchev–Trinajstić information content (AvgIpc) is 2.83. The third-order valence-electron chi connectivity index (χ3n) is 2.64. The molecule has 1 heterocycles. The van der Waals surface area contributed by atoms with Gasteiger partial charge in [-0.15, -0.1) is 5.10 Å². The van der Waals surface area contributed by atoms with Crippen LogP contribution in [-0.4, -0.2) is 50.2 Å². The summed E-state index contributed by atoms with van der Waals surface area (Å²) in [6.45, 7) is 5.83. The van der Waals surface area contributed by atoms with E-state index in [1.807, 2.05) is 6.92 Å². The smallest absolute Gasteiger partial charge is 0.308 e. The molecule has 0 saturated carbocycles. The molecule has 18 heavy (non-hydrogen) atoms. The zero-order chi connectivity index (χ0) is 13.7. The van der Waals surface area contributed by atoms with Gasteiger partial charge in [-0.1, -0.05) is 13.8 Å². The standard InChI is InChI=1S/C11H18N4O3/c1-4-8-12-9(14-13-8)10(16)15(5-2)6-7(3)11(17)18/h7H,4-6H2,1-3H3,(H,17,18)(H,12,13,14). The average molecular weight is 254 g/mol. The number of carbonyl (C=O) groups excluding carboxylic acids is 1. The van der Waals surface area contributed by atoms with E-state index in [0.717, 1.165) is 0 Å². The van der Waals surface area contributed by atoms with Crippen LogP contribution in [0.1, 0.15) is 37.2 Å². The molecule has 2 N–H and O–H groups in total. The first-order valence-corrected chi connectivity index (χ1v) is 5.92. The number of aromatic amines is 1. The summed E-state index contributed by atoms with van der Waals surface area (Å²) in [5.74, 6) is -1.16. The molecule has 1 amide bonds. The van der Waals surface area contributed by atoms with Crippen LogP contribution in [-0.2, 0) is 11.2 Å². The molecule has 100 valence electrons. The number of carboxylic acid groups (broad SMARTS) is 1. The summed E-state index contributed by atoms with van der Waals surface area (Å²) in [6.07, 6.45) is 0.665. The summed E-state index contributed by atoms with van der Waals surface area (Å²) in [7, 11) is 0. The van der Waals surface area contributed by atoms with Gasteiger partial charge in [0.2, 0.25) is 5.82 Å². The van der Waals surface area contributed by atoms with Crippen LogP contribution in [0.4, 0.5) is 0 Å². The molecule has 0 radical (unpaired) electrons. The molecular formula is C11H18N4O3. The van der Waals surface area contributed by atoms with Crippen molar-refractivity contribution in [1.82, 2.24) is 20.1 Å². The fraction of sp³-hybridized carbons (Fsp3) is 0.636. The molecule has 0 saturated heterocycles. The second kappa shape index (κ2) is 6.13. The van der Waals surface area contributed by atoms with Crippen molar-refractivity contribution < 1.29 is 14.7 Å². The highest BCUT2D eigenvalue weighted by Crippen LogP contribution is 2.05. The Morgan fingerprint density at radius 2 is 2.11 bits per heavy atom. The monoisotopic (exact) mass is 254 g/mol. The van der Waals surface area contributed by atoms with Crippen molar-refractivity contribution in [2.24, 2.45) is 5.92 Å². The van der Waals surface area contributed by atoms with Crippen molar-refractivity contribution in [1.29, 1.82) is 0 Å². The fourth-order valence-electron chi connectivity index (χ4n) is 1.45.